The lowest BCUT2D eigenvalue weighted by Gasteiger charge is -2.10. The number of carbonyl (C=O) groups excluding carboxylic acids is 3. The molecule has 1 fully saturated rings. The molecule has 1 saturated heterocycles. The summed E-state index contributed by atoms with van der Waals surface area (Å²) < 4.78 is 12.8. The van der Waals surface area contributed by atoms with Gasteiger partial charge in [0.15, 0.2) is 5.13 Å². The number of hydrogen-bond donors (Lipinski definition) is 2. The zero-order chi connectivity index (χ0) is 17.8. The van der Waals surface area contributed by atoms with Crippen molar-refractivity contribution in [3.8, 4) is 0 Å². The first kappa shape index (κ1) is 17.0. The van der Waals surface area contributed by atoms with Crippen molar-refractivity contribution in [2.75, 3.05) is 11.4 Å². The highest BCUT2D eigenvalue weighted by atomic mass is 32.1. The van der Waals surface area contributed by atoms with E-state index >= 15 is 0 Å². The zero-order valence-corrected chi connectivity index (χ0v) is 13.9. The molecule has 1 aliphatic heterocycles. The molecule has 3 rings (SSSR count). The zero-order valence-electron chi connectivity index (χ0n) is 13.1. The Morgan fingerprint density at radius 1 is 1.24 bits per heavy atom. The number of anilines is 1. The van der Waals surface area contributed by atoms with Crippen LogP contribution in [0.5, 0.6) is 0 Å². The minimum absolute atomic E-state index is 0.0256. The van der Waals surface area contributed by atoms with Crippen LogP contribution in [-0.2, 0) is 16.0 Å². The second-order valence-corrected chi connectivity index (χ2v) is 6.29. The van der Waals surface area contributed by atoms with Gasteiger partial charge in [-0.3, -0.25) is 30.1 Å². The highest BCUT2D eigenvalue weighted by Crippen LogP contribution is 2.25. The smallest absolute Gasteiger partial charge is 0.269 e. The second-order valence-electron chi connectivity index (χ2n) is 5.46. The molecule has 1 aromatic carbocycles. The summed E-state index contributed by atoms with van der Waals surface area (Å²) in [7, 11) is 0. The molecule has 0 aliphatic carbocycles. The van der Waals surface area contributed by atoms with Gasteiger partial charge in [-0.25, -0.2) is 9.37 Å². The van der Waals surface area contributed by atoms with Crippen molar-refractivity contribution in [1.29, 1.82) is 0 Å². The number of benzene rings is 1. The molecule has 25 heavy (non-hydrogen) atoms. The Bertz CT molecular complexity index is 806. The Labute approximate surface area is 146 Å². The van der Waals surface area contributed by atoms with Gasteiger partial charge in [-0.15, -0.1) is 11.3 Å². The highest BCUT2D eigenvalue weighted by molar-refractivity contribution is 7.14. The Hall–Kier alpha value is -2.81. The van der Waals surface area contributed by atoms with Gasteiger partial charge in [0.1, 0.15) is 5.82 Å². The Kier molecular flexibility index (Phi) is 5.03. The molecule has 7 nitrogen and oxygen atoms in total. The molecule has 130 valence electrons. The summed E-state index contributed by atoms with van der Waals surface area (Å²) in [6.07, 6.45) is 1.30. The van der Waals surface area contributed by atoms with E-state index in [4.69, 9.17) is 0 Å². The first-order valence-electron chi connectivity index (χ1n) is 7.62. The van der Waals surface area contributed by atoms with Crippen molar-refractivity contribution in [2.45, 2.75) is 19.3 Å². The van der Waals surface area contributed by atoms with E-state index in [-0.39, 0.29) is 17.9 Å². The van der Waals surface area contributed by atoms with E-state index in [0.29, 0.717) is 23.8 Å². The van der Waals surface area contributed by atoms with Crippen molar-refractivity contribution in [3.63, 3.8) is 0 Å². The van der Waals surface area contributed by atoms with E-state index in [1.807, 2.05) is 0 Å². The SMILES string of the molecule is O=C(Cc1csc(N2CCCC2=O)n1)NNC(=O)c1ccc(F)cc1. The average molecular weight is 362 g/mol. The van der Waals surface area contributed by atoms with Gasteiger partial charge in [0.05, 0.1) is 12.1 Å². The van der Waals surface area contributed by atoms with Gasteiger partial charge in [0.2, 0.25) is 11.8 Å². The van der Waals surface area contributed by atoms with E-state index < -0.39 is 17.6 Å². The number of carbonyl (C=O) groups is 3. The van der Waals surface area contributed by atoms with E-state index in [2.05, 4.69) is 15.8 Å². The maximum absolute atomic E-state index is 12.8. The summed E-state index contributed by atoms with van der Waals surface area (Å²) in [5.41, 5.74) is 5.29. The maximum atomic E-state index is 12.8. The van der Waals surface area contributed by atoms with Gasteiger partial charge in [-0.1, -0.05) is 0 Å². The quantitative estimate of drug-likeness (QED) is 0.805. The summed E-state index contributed by atoms with van der Waals surface area (Å²) in [5.74, 6) is -1.40. The van der Waals surface area contributed by atoms with Crippen LogP contribution in [0.4, 0.5) is 9.52 Å². The number of rotatable bonds is 4. The number of nitrogens with zero attached hydrogens (tertiary/aromatic N) is 2. The number of hydrazine groups is 1. The van der Waals surface area contributed by atoms with Gasteiger partial charge in [0, 0.05) is 23.9 Å². The van der Waals surface area contributed by atoms with Crippen molar-refractivity contribution in [1.82, 2.24) is 15.8 Å². The van der Waals surface area contributed by atoms with Gasteiger partial charge in [-0.05, 0) is 30.7 Å². The van der Waals surface area contributed by atoms with E-state index in [9.17, 15) is 18.8 Å². The minimum atomic E-state index is -0.546. The van der Waals surface area contributed by atoms with E-state index in [1.54, 1.807) is 10.3 Å². The number of aromatic nitrogens is 1. The van der Waals surface area contributed by atoms with Crippen LogP contribution in [0.25, 0.3) is 0 Å². The average Bonchev–Trinajstić information content (AvgIpc) is 3.22. The van der Waals surface area contributed by atoms with Crippen molar-refractivity contribution >= 4 is 34.2 Å². The number of hydrogen-bond acceptors (Lipinski definition) is 5. The van der Waals surface area contributed by atoms with Gasteiger partial charge >= 0.3 is 0 Å². The predicted octanol–water partition coefficient (Wildman–Crippen LogP) is 1.41. The molecule has 9 heteroatoms. The summed E-state index contributed by atoms with van der Waals surface area (Å²) in [6, 6.07) is 4.95. The molecular weight excluding hydrogens is 347 g/mol. The van der Waals surface area contributed by atoms with Crippen LogP contribution in [0.15, 0.2) is 29.6 Å². The number of nitrogens with one attached hydrogen (secondary N) is 2. The third-order valence-corrected chi connectivity index (χ3v) is 4.52. The summed E-state index contributed by atoms with van der Waals surface area (Å²) in [6.45, 7) is 0.645. The first-order chi connectivity index (χ1) is 12.0. The topological polar surface area (TPSA) is 91.4 Å². The second kappa shape index (κ2) is 7.39. The summed E-state index contributed by atoms with van der Waals surface area (Å²) in [4.78, 5) is 41.3. The number of halogens is 1. The third kappa shape index (κ3) is 4.18. The minimum Gasteiger partial charge on any atom is -0.288 e. The predicted molar refractivity (Wildman–Crippen MR) is 89.4 cm³/mol. The number of thiazole rings is 1. The summed E-state index contributed by atoms with van der Waals surface area (Å²) in [5, 5.41) is 2.29. The molecule has 0 unspecified atom stereocenters. The largest absolute Gasteiger partial charge is 0.288 e. The van der Waals surface area contributed by atoms with Crippen LogP contribution in [0.3, 0.4) is 0 Å². The van der Waals surface area contributed by atoms with Crippen LogP contribution in [-0.4, -0.2) is 29.3 Å². The molecule has 0 radical (unpaired) electrons. The molecule has 0 saturated carbocycles. The highest BCUT2D eigenvalue weighted by Gasteiger charge is 2.24. The summed E-state index contributed by atoms with van der Waals surface area (Å²) >= 11 is 1.31. The van der Waals surface area contributed by atoms with Crippen LogP contribution in [0.1, 0.15) is 28.9 Å². The van der Waals surface area contributed by atoms with Crippen LogP contribution in [0.2, 0.25) is 0 Å². The molecule has 0 spiro atoms. The first-order valence-corrected chi connectivity index (χ1v) is 8.50. The molecule has 2 N–H and O–H groups in total. The molecule has 2 aromatic rings. The monoisotopic (exact) mass is 362 g/mol. The molecule has 0 atom stereocenters. The van der Waals surface area contributed by atoms with Gasteiger partial charge in [-0.2, -0.15) is 0 Å². The van der Waals surface area contributed by atoms with E-state index in [0.717, 1.165) is 18.6 Å². The van der Waals surface area contributed by atoms with Gasteiger partial charge in [0.25, 0.3) is 5.91 Å². The third-order valence-electron chi connectivity index (χ3n) is 3.61. The molecule has 1 aromatic heterocycles. The fourth-order valence-corrected chi connectivity index (χ4v) is 3.23. The molecule has 1 aliphatic rings. The molecule has 3 amide bonds. The lowest BCUT2D eigenvalue weighted by Crippen LogP contribution is -2.42. The number of amides is 3. The van der Waals surface area contributed by atoms with Crippen LogP contribution < -0.4 is 15.8 Å². The lowest BCUT2D eigenvalue weighted by molar-refractivity contribution is -0.121. The van der Waals surface area contributed by atoms with Crippen LogP contribution in [0, 0.1) is 5.82 Å². The molecule has 2 heterocycles. The van der Waals surface area contributed by atoms with Crippen molar-refractivity contribution in [2.24, 2.45) is 0 Å². The Balaban J connectivity index is 1.51. The fraction of sp³-hybridized carbons (Fsp3) is 0.250. The molecular formula is C16H15FN4O3S. The van der Waals surface area contributed by atoms with Crippen LogP contribution >= 0.6 is 11.3 Å². The standard InChI is InChI=1S/C16H15FN4O3S/c17-11-5-3-10(4-6-11)15(24)20-19-13(22)8-12-9-25-16(18-12)21-7-1-2-14(21)23/h3-6,9H,1-2,7-8H2,(H,19,22)(H,20,24). The maximum Gasteiger partial charge on any atom is 0.269 e. The lowest BCUT2D eigenvalue weighted by atomic mass is 10.2. The van der Waals surface area contributed by atoms with Crippen molar-refractivity contribution in [3.05, 3.63) is 46.7 Å². The van der Waals surface area contributed by atoms with E-state index in [1.165, 1.54) is 23.5 Å². The van der Waals surface area contributed by atoms with Crippen molar-refractivity contribution < 1.29 is 18.8 Å². The fourth-order valence-electron chi connectivity index (χ4n) is 2.36. The van der Waals surface area contributed by atoms with Gasteiger partial charge < -0.3 is 0 Å². The normalized spacial score (nSPS) is 13.8. The Morgan fingerprint density at radius 2 is 2.00 bits per heavy atom. The molecule has 0 bridgehead atoms. The Morgan fingerprint density at radius 3 is 2.68 bits per heavy atom.